The molecule has 1 unspecified atom stereocenters. The molecular weight excluding hydrogens is 224 g/mol. The van der Waals surface area contributed by atoms with Crippen LogP contribution in [-0.2, 0) is 4.74 Å². The molecule has 1 N–H and O–H groups in total. The van der Waals surface area contributed by atoms with E-state index in [2.05, 4.69) is 34.5 Å². The zero-order valence-electron chi connectivity index (χ0n) is 10.9. The number of rotatable bonds is 3. The molecule has 0 bridgehead atoms. The van der Waals surface area contributed by atoms with Crippen molar-refractivity contribution >= 4 is 11.4 Å². The average Bonchev–Trinajstić information content (AvgIpc) is 2.93. The minimum absolute atomic E-state index is 0.488. The second-order valence-corrected chi connectivity index (χ2v) is 5.30. The van der Waals surface area contributed by atoms with Crippen LogP contribution in [0.5, 0.6) is 0 Å². The zero-order chi connectivity index (χ0) is 12.2. The Bertz CT molecular complexity index is 382. The van der Waals surface area contributed by atoms with Crippen LogP contribution in [0.2, 0.25) is 0 Å². The van der Waals surface area contributed by atoms with Gasteiger partial charge < -0.3 is 15.0 Å². The van der Waals surface area contributed by atoms with Gasteiger partial charge in [0.05, 0.1) is 12.6 Å². The molecule has 2 saturated heterocycles. The average molecular weight is 246 g/mol. The minimum Gasteiger partial charge on any atom is -0.380 e. The van der Waals surface area contributed by atoms with E-state index in [9.17, 15) is 0 Å². The number of nitrogens with one attached hydrogen (secondary N) is 1. The van der Waals surface area contributed by atoms with Crippen molar-refractivity contribution in [1.29, 1.82) is 0 Å². The van der Waals surface area contributed by atoms with Gasteiger partial charge in [0.1, 0.15) is 0 Å². The molecule has 1 atom stereocenters. The van der Waals surface area contributed by atoms with Gasteiger partial charge in [-0.05, 0) is 43.9 Å². The summed E-state index contributed by atoms with van der Waals surface area (Å²) in [4.78, 5) is 2.50. The van der Waals surface area contributed by atoms with Gasteiger partial charge in [0, 0.05) is 31.1 Å². The van der Waals surface area contributed by atoms with E-state index >= 15 is 0 Å². The molecule has 2 aliphatic heterocycles. The van der Waals surface area contributed by atoms with Gasteiger partial charge in [-0.1, -0.05) is 6.07 Å². The van der Waals surface area contributed by atoms with Crippen molar-refractivity contribution in [2.45, 2.75) is 31.7 Å². The van der Waals surface area contributed by atoms with Crippen LogP contribution in [-0.4, -0.2) is 32.3 Å². The molecule has 2 aliphatic rings. The van der Waals surface area contributed by atoms with Crippen LogP contribution in [0.1, 0.15) is 25.7 Å². The molecular formula is C15H22N2O. The Morgan fingerprint density at radius 1 is 1.17 bits per heavy atom. The quantitative estimate of drug-likeness (QED) is 0.887. The number of hydrogen-bond acceptors (Lipinski definition) is 3. The standard InChI is InChI=1S/C15H22N2O/c1-2-8-17(9-3-1)15-6-4-5-13(11-15)16-14-7-10-18-12-14/h4-6,11,14,16H,1-3,7-10,12H2. The van der Waals surface area contributed by atoms with Crippen molar-refractivity contribution in [3.63, 3.8) is 0 Å². The first kappa shape index (κ1) is 11.8. The summed E-state index contributed by atoms with van der Waals surface area (Å²) in [5.41, 5.74) is 2.59. The van der Waals surface area contributed by atoms with Crippen LogP contribution in [0.25, 0.3) is 0 Å². The summed E-state index contributed by atoms with van der Waals surface area (Å²) in [6, 6.07) is 9.31. The summed E-state index contributed by atoms with van der Waals surface area (Å²) in [6.07, 6.45) is 5.16. The molecule has 0 spiro atoms. The molecule has 2 heterocycles. The first-order valence-electron chi connectivity index (χ1n) is 7.11. The van der Waals surface area contributed by atoms with E-state index in [-0.39, 0.29) is 0 Å². The lowest BCUT2D eigenvalue weighted by Gasteiger charge is -2.29. The van der Waals surface area contributed by atoms with Crippen molar-refractivity contribution in [3.05, 3.63) is 24.3 Å². The molecule has 3 heteroatoms. The second-order valence-electron chi connectivity index (χ2n) is 5.30. The highest BCUT2D eigenvalue weighted by molar-refractivity contribution is 5.58. The van der Waals surface area contributed by atoms with Crippen LogP contribution < -0.4 is 10.2 Å². The fourth-order valence-corrected chi connectivity index (χ4v) is 2.83. The minimum atomic E-state index is 0.488. The maximum Gasteiger partial charge on any atom is 0.0668 e. The van der Waals surface area contributed by atoms with Gasteiger partial charge in [-0.25, -0.2) is 0 Å². The number of benzene rings is 1. The summed E-state index contributed by atoms with van der Waals surface area (Å²) in [5.74, 6) is 0. The number of anilines is 2. The number of ether oxygens (including phenoxy) is 1. The zero-order valence-corrected chi connectivity index (χ0v) is 10.9. The fourth-order valence-electron chi connectivity index (χ4n) is 2.83. The van der Waals surface area contributed by atoms with E-state index in [0.29, 0.717) is 6.04 Å². The predicted molar refractivity (Wildman–Crippen MR) is 75.4 cm³/mol. The van der Waals surface area contributed by atoms with E-state index in [0.717, 1.165) is 19.6 Å². The summed E-state index contributed by atoms with van der Waals surface area (Å²) in [5, 5.41) is 3.57. The molecule has 0 aliphatic carbocycles. The lowest BCUT2D eigenvalue weighted by molar-refractivity contribution is 0.195. The molecule has 3 rings (SSSR count). The van der Waals surface area contributed by atoms with Gasteiger partial charge in [-0.15, -0.1) is 0 Å². The maximum absolute atomic E-state index is 5.40. The Hall–Kier alpha value is -1.22. The molecule has 2 fully saturated rings. The summed E-state index contributed by atoms with van der Waals surface area (Å²) < 4.78 is 5.40. The topological polar surface area (TPSA) is 24.5 Å². The van der Waals surface area contributed by atoms with Crippen LogP contribution in [0.15, 0.2) is 24.3 Å². The number of nitrogens with zero attached hydrogens (tertiary/aromatic N) is 1. The lowest BCUT2D eigenvalue weighted by atomic mass is 10.1. The summed E-state index contributed by atoms with van der Waals surface area (Å²) >= 11 is 0. The Labute approximate surface area is 109 Å². The van der Waals surface area contributed by atoms with Crippen LogP contribution in [0.3, 0.4) is 0 Å². The van der Waals surface area contributed by atoms with Crippen molar-refractivity contribution in [2.24, 2.45) is 0 Å². The van der Waals surface area contributed by atoms with Crippen molar-refractivity contribution in [3.8, 4) is 0 Å². The Morgan fingerprint density at radius 2 is 2.06 bits per heavy atom. The predicted octanol–water partition coefficient (Wildman–Crippen LogP) is 2.88. The number of piperidine rings is 1. The van der Waals surface area contributed by atoms with E-state index in [4.69, 9.17) is 4.74 Å². The molecule has 3 nitrogen and oxygen atoms in total. The molecule has 0 saturated carbocycles. The van der Waals surface area contributed by atoms with Crippen molar-refractivity contribution in [2.75, 3.05) is 36.5 Å². The third-order valence-electron chi connectivity index (χ3n) is 3.87. The van der Waals surface area contributed by atoms with E-state index in [1.54, 1.807) is 0 Å². The Kier molecular flexibility index (Phi) is 3.69. The second kappa shape index (κ2) is 5.61. The van der Waals surface area contributed by atoms with Gasteiger partial charge in [0.25, 0.3) is 0 Å². The molecule has 18 heavy (non-hydrogen) atoms. The van der Waals surface area contributed by atoms with Crippen LogP contribution in [0, 0.1) is 0 Å². The molecule has 98 valence electrons. The highest BCUT2D eigenvalue weighted by Gasteiger charge is 2.16. The van der Waals surface area contributed by atoms with Gasteiger partial charge in [-0.3, -0.25) is 0 Å². The first-order valence-corrected chi connectivity index (χ1v) is 7.11. The van der Waals surface area contributed by atoms with Crippen LogP contribution >= 0.6 is 0 Å². The van der Waals surface area contributed by atoms with E-state index < -0.39 is 0 Å². The third kappa shape index (κ3) is 2.78. The summed E-state index contributed by atoms with van der Waals surface area (Å²) in [6.45, 7) is 4.14. The molecule has 0 radical (unpaired) electrons. The van der Waals surface area contributed by atoms with Crippen LogP contribution in [0.4, 0.5) is 11.4 Å². The summed E-state index contributed by atoms with van der Waals surface area (Å²) in [7, 11) is 0. The molecule has 1 aromatic rings. The normalized spacial score (nSPS) is 24.2. The first-order chi connectivity index (χ1) is 8.92. The van der Waals surface area contributed by atoms with Crippen molar-refractivity contribution in [1.82, 2.24) is 0 Å². The molecule has 1 aromatic carbocycles. The highest BCUT2D eigenvalue weighted by atomic mass is 16.5. The van der Waals surface area contributed by atoms with Gasteiger partial charge in [0.2, 0.25) is 0 Å². The molecule has 0 amide bonds. The largest absolute Gasteiger partial charge is 0.380 e. The van der Waals surface area contributed by atoms with Gasteiger partial charge in [-0.2, -0.15) is 0 Å². The van der Waals surface area contributed by atoms with E-state index in [1.807, 2.05) is 0 Å². The maximum atomic E-state index is 5.40. The SMILES string of the molecule is c1cc(NC2CCOC2)cc(N2CCCCC2)c1. The van der Waals surface area contributed by atoms with Crippen molar-refractivity contribution < 1.29 is 4.74 Å². The van der Waals surface area contributed by atoms with Gasteiger partial charge in [0.15, 0.2) is 0 Å². The van der Waals surface area contributed by atoms with E-state index in [1.165, 1.54) is 43.7 Å². The highest BCUT2D eigenvalue weighted by Crippen LogP contribution is 2.24. The fraction of sp³-hybridized carbons (Fsp3) is 0.600. The monoisotopic (exact) mass is 246 g/mol. The Morgan fingerprint density at radius 3 is 2.83 bits per heavy atom. The van der Waals surface area contributed by atoms with Gasteiger partial charge >= 0.3 is 0 Å². The lowest BCUT2D eigenvalue weighted by Crippen LogP contribution is -2.29. The molecule has 0 aromatic heterocycles. The smallest absolute Gasteiger partial charge is 0.0668 e. The third-order valence-corrected chi connectivity index (χ3v) is 3.87. The Balaban J connectivity index is 1.67. The number of hydrogen-bond donors (Lipinski definition) is 1.